The first-order valence-corrected chi connectivity index (χ1v) is 6.75. The lowest BCUT2D eigenvalue weighted by atomic mass is 10.1. The quantitative estimate of drug-likeness (QED) is 0.787. The van der Waals surface area contributed by atoms with E-state index in [-0.39, 0.29) is 6.42 Å². The summed E-state index contributed by atoms with van der Waals surface area (Å²) in [6, 6.07) is -1.11. The molecule has 0 aliphatic rings. The second-order valence-electron chi connectivity index (χ2n) is 5.81. The molecule has 0 aromatic carbocycles. The van der Waals surface area contributed by atoms with E-state index in [1.54, 1.807) is 27.0 Å². The van der Waals surface area contributed by atoms with E-state index in [0.29, 0.717) is 16.7 Å². The van der Waals surface area contributed by atoms with Crippen LogP contribution in [-0.4, -0.2) is 43.8 Å². The Morgan fingerprint density at radius 3 is 2.68 bits per heavy atom. The summed E-state index contributed by atoms with van der Waals surface area (Å²) in [6.07, 6.45) is 4.00. The fourth-order valence-corrected chi connectivity index (χ4v) is 1.93. The lowest BCUT2D eigenvalue weighted by Crippen LogP contribution is -2.44. The van der Waals surface area contributed by atoms with Gasteiger partial charge in [0, 0.05) is 30.6 Å². The number of nitrogens with one attached hydrogen (secondary N) is 2. The van der Waals surface area contributed by atoms with Crippen molar-refractivity contribution >= 4 is 23.2 Å². The zero-order valence-electron chi connectivity index (χ0n) is 12.6. The van der Waals surface area contributed by atoms with Crippen LogP contribution in [0.25, 0.3) is 11.2 Å². The fraction of sp³-hybridized carbons (Fsp3) is 0.429. The summed E-state index contributed by atoms with van der Waals surface area (Å²) in [5, 5.41) is 11.6. The van der Waals surface area contributed by atoms with Crippen LogP contribution in [0, 0.1) is 0 Å². The number of aromatic nitrogens is 3. The molecule has 0 saturated carbocycles. The van der Waals surface area contributed by atoms with Gasteiger partial charge < -0.3 is 20.1 Å². The van der Waals surface area contributed by atoms with Gasteiger partial charge in [-0.25, -0.2) is 14.6 Å². The highest BCUT2D eigenvalue weighted by Gasteiger charge is 2.25. The molecule has 1 atom stereocenters. The first-order chi connectivity index (χ1) is 10.3. The Balaban J connectivity index is 2.12. The van der Waals surface area contributed by atoms with E-state index in [2.05, 4.69) is 20.3 Å². The highest BCUT2D eigenvalue weighted by atomic mass is 16.6. The van der Waals surface area contributed by atoms with Crippen LogP contribution in [-0.2, 0) is 16.0 Å². The smallest absolute Gasteiger partial charge is 0.408 e. The molecule has 0 bridgehead atoms. The number of alkyl carbamates (subject to hydrolysis) is 1. The zero-order chi connectivity index (χ0) is 16.3. The summed E-state index contributed by atoms with van der Waals surface area (Å²) in [5.41, 5.74) is 1.12. The molecule has 2 heterocycles. The number of carbonyl (C=O) groups is 2. The molecule has 0 aliphatic carbocycles. The highest BCUT2D eigenvalue weighted by molar-refractivity contribution is 5.82. The Labute approximate surface area is 126 Å². The Morgan fingerprint density at radius 1 is 1.36 bits per heavy atom. The van der Waals surface area contributed by atoms with E-state index < -0.39 is 23.7 Å². The second-order valence-corrected chi connectivity index (χ2v) is 5.81. The van der Waals surface area contributed by atoms with Gasteiger partial charge in [-0.3, -0.25) is 4.98 Å². The topological polar surface area (TPSA) is 117 Å². The van der Waals surface area contributed by atoms with Gasteiger partial charge in [-0.2, -0.15) is 0 Å². The molecular weight excluding hydrogens is 288 g/mol. The number of H-pyrrole nitrogens is 1. The van der Waals surface area contributed by atoms with Gasteiger partial charge in [0.2, 0.25) is 0 Å². The first kappa shape index (κ1) is 15.7. The van der Waals surface area contributed by atoms with Crippen molar-refractivity contribution in [3.05, 3.63) is 24.2 Å². The predicted molar refractivity (Wildman–Crippen MR) is 78.4 cm³/mol. The van der Waals surface area contributed by atoms with Crippen molar-refractivity contribution in [3.8, 4) is 0 Å². The largest absolute Gasteiger partial charge is 0.480 e. The number of fused-ring (bicyclic) bond motifs is 1. The van der Waals surface area contributed by atoms with Crippen LogP contribution in [0.3, 0.4) is 0 Å². The molecule has 0 spiro atoms. The van der Waals surface area contributed by atoms with Gasteiger partial charge in [-0.15, -0.1) is 0 Å². The summed E-state index contributed by atoms with van der Waals surface area (Å²) < 4.78 is 5.08. The highest BCUT2D eigenvalue weighted by Crippen LogP contribution is 2.15. The third-order valence-electron chi connectivity index (χ3n) is 2.80. The van der Waals surface area contributed by atoms with Crippen LogP contribution in [0.4, 0.5) is 4.79 Å². The van der Waals surface area contributed by atoms with Crippen molar-refractivity contribution < 1.29 is 19.4 Å². The Bertz CT molecular complexity index is 689. The monoisotopic (exact) mass is 306 g/mol. The number of rotatable bonds is 4. The maximum absolute atomic E-state index is 11.7. The van der Waals surface area contributed by atoms with E-state index >= 15 is 0 Å². The maximum Gasteiger partial charge on any atom is 0.408 e. The Kier molecular flexibility index (Phi) is 4.30. The minimum absolute atomic E-state index is 0.0767. The van der Waals surface area contributed by atoms with Crippen LogP contribution < -0.4 is 5.32 Å². The lowest BCUT2D eigenvalue weighted by molar-refractivity contribution is -0.139. The first-order valence-electron chi connectivity index (χ1n) is 6.75. The molecule has 1 unspecified atom stereocenters. The van der Waals surface area contributed by atoms with Crippen molar-refractivity contribution in [1.82, 2.24) is 20.3 Å². The molecule has 8 nitrogen and oxygen atoms in total. The fourth-order valence-electron chi connectivity index (χ4n) is 1.93. The summed E-state index contributed by atoms with van der Waals surface area (Å²) in [5.74, 6) is -1.15. The van der Waals surface area contributed by atoms with Crippen molar-refractivity contribution in [2.45, 2.75) is 38.8 Å². The molecule has 22 heavy (non-hydrogen) atoms. The average molecular weight is 306 g/mol. The van der Waals surface area contributed by atoms with Crippen LogP contribution >= 0.6 is 0 Å². The van der Waals surface area contributed by atoms with Gasteiger partial charge in [-0.1, -0.05) is 0 Å². The van der Waals surface area contributed by atoms with Gasteiger partial charge in [0.05, 0.1) is 0 Å². The van der Waals surface area contributed by atoms with Crippen LogP contribution in [0.2, 0.25) is 0 Å². The number of carboxylic acid groups (broad SMARTS) is 1. The molecule has 1 amide bonds. The van der Waals surface area contributed by atoms with E-state index in [1.807, 2.05) is 0 Å². The molecule has 0 radical (unpaired) electrons. The van der Waals surface area contributed by atoms with Crippen LogP contribution in [0.1, 0.15) is 26.3 Å². The third kappa shape index (κ3) is 3.94. The summed E-state index contributed by atoms with van der Waals surface area (Å²) >= 11 is 0. The Morgan fingerprint density at radius 2 is 2.05 bits per heavy atom. The summed E-state index contributed by atoms with van der Waals surface area (Å²) in [6.45, 7) is 5.12. The van der Waals surface area contributed by atoms with Crippen molar-refractivity contribution in [3.63, 3.8) is 0 Å². The van der Waals surface area contributed by atoms with E-state index in [9.17, 15) is 14.7 Å². The van der Waals surface area contributed by atoms with Gasteiger partial charge in [-0.05, 0) is 20.8 Å². The number of hydrogen-bond acceptors (Lipinski definition) is 5. The van der Waals surface area contributed by atoms with Gasteiger partial charge in [0.15, 0.2) is 5.65 Å². The molecule has 118 valence electrons. The zero-order valence-corrected chi connectivity index (χ0v) is 12.6. The number of nitrogens with zero attached hydrogens (tertiary/aromatic N) is 2. The van der Waals surface area contributed by atoms with Crippen molar-refractivity contribution in [2.75, 3.05) is 0 Å². The molecule has 0 aliphatic heterocycles. The second kappa shape index (κ2) is 6.00. The van der Waals surface area contributed by atoms with E-state index in [4.69, 9.17) is 4.74 Å². The Hall–Kier alpha value is -2.64. The molecule has 3 N–H and O–H groups in total. The van der Waals surface area contributed by atoms with Crippen LogP contribution in [0.15, 0.2) is 18.6 Å². The SMILES string of the molecule is CC(C)(C)OC(=O)NC(Cc1c[nH]c2nccnc12)C(=O)O. The molecular formula is C14H18N4O4. The minimum atomic E-state index is -1.15. The van der Waals surface area contributed by atoms with E-state index in [0.717, 1.165) is 0 Å². The average Bonchev–Trinajstić information content (AvgIpc) is 2.79. The van der Waals surface area contributed by atoms with E-state index in [1.165, 1.54) is 12.4 Å². The van der Waals surface area contributed by atoms with Crippen LogP contribution in [0.5, 0.6) is 0 Å². The summed E-state index contributed by atoms with van der Waals surface area (Å²) in [7, 11) is 0. The molecule has 0 saturated heterocycles. The summed E-state index contributed by atoms with van der Waals surface area (Å²) in [4.78, 5) is 34.2. The van der Waals surface area contributed by atoms with Gasteiger partial charge >= 0.3 is 12.1 Å². The molecule has 8 heteroatoms. The number of carboxylic acids is 1. The lowest BCUT2D eigenvalue weighted by Gasteiger charge is -2.21. The normalized spacial score (nSPS) is 12.9. The standard InChI is InChI=1S/C14H18N4O4/c1-14(2,3)22-13(21)18-9(12(19)20)6-8-7-17-11-10(8)15-4-5-16-11/h4-5,7,9H,6H2,1-3H3,(H,16,17)(H,18,21)(H,19,20). The number of amides is 1. The number of aromatic amines is 1. The minimum Gasteiger partial charge on any atom is -0.480 e. The molecule has 2 rings (SSSR count). The molecule has 2 aromatic rings. The predicted octanol–water partition coefficient (Wildman–Crippen LogP) is 1.48. The van der Waals surface area contributed by atoms with Gasteiger partial charge in [0.25, 0.3) is 0 Å². The number of ether oxygens (including phenoxy) is 1. The van der Waals surface area contributed by atoms with Crippen molar-refractivity contribution in [2.24, 2.45) is 0 Å². The number of aliphatic carboxylic acids is 1. The number of carbonyl (C=O) groups excluding carboxylic acids is 1. The van der Waals surface area contributed by atoms with Gasteiger partial charge in [0.1, 0.15) is 17.2 Å². The number of hydrogen-bond donors (Lipinski definition) is 3. The molecule has 0 fully saturated rings. The third-order valence-corrected chi connectivity index (χ3v) is 2.80. The molecule has 2 aromatic heterocycles. The maximum atomic E-state index is 11.7. The van der Waals surface area contributed by atoms with Crippen molar-refractivity contribution in [1.29, 1.82) is 0 Å².